The van der Waals surface area contributed by atoms with Gasteiger partial charge in [-0.2, -0.15) is 15.1 Å². The molecular weight excluding hydrogens is 434 g/mol. The van der Waals surface area contributed by atoms with Crippen molar-refractivity contribution in [2.45, 2.75) is 4.21 Å². The van der Waals surface area contributed by atoms with Gasteiger partial charge in [0.25, 0.3) is 10.0 Å². The molecule has 148 valence electrons. The standard InChI is InChI=1S/C13H12ClN7O5S2/c1-25-8-5-9(26-2)18-12(17-8)19-13(22)20-28(23,24)10-7(3-4-27-10)21-11(14)15-6-16-21/h3-6H,1-2H3,(H2,17,18,19,20,22). The second kappa shape index (κ2) is 7.95. The van der Waals surface area contributed by atoms with E-state index in [2.05, 4.69) is 25.4 Å². The zero-order valence-corrected chi connectivity index (χ0v) is 16.7. The van der Waals surface area contributed by atoms with E-state index in [0.717, 1.165) is 16.0 Å². The molecule has 0 aliphatic carbocycles. The summed E-state index contributed by atoms with van der Waals surface area (Å²) in [6.45, 7) is 0. The molecule has 0 radical (unpaired) electrons. The summed E-state index contributed by atoms with van der Waals surface area (Å²) >= 11 is 6.76. The van der Waals surface area contributed by atoms with Crippen molar-refractivity contribution in [1.29, 1.82) is 0 Å². The molecule has 0 fully saturated rings. The number of hydrogen-bond donors (Lipinski definition) is 2. The molecule has 3 rings (SSSR count). The summed E-state index contributed by atoms with van der Waals surface area (Å²) in [5.74, 6) is 0.0207. The van der Waals surface area contributed by atoms with Gasteiger partial charge in [-0.1, -0.05) is 0 Å². The predicted molar refractivity (Wildman–Crippen MR) is 98.7 cm³/mol. The maximum Gasteiger partial charge on any atom is 0.335 e. The number of carbonyl (C=O) groups excluding carboxylic acids is 1. The van der Waals surface area contributed by atoms with Crippen LogP contribution in [0.4, 0.5) is 10.7 Å². The van der Waals surface area contributed by atoms with Crippen molar-refractivity contribution in [3.63, 3.8) is 0 Å². The number of nitrogens with one attached hydrogen (secondary N) is 2. The van der Waals surface area contributed by atoms with E-state index in [-0.39, 0.29) is 32.9 Å². The van der Waals surface area contributed by atoms with Crippen LogP contribution in [0.1, 0.15) is 0 Å². The van der Waals surface area contributed by atoms with Crippen LogP contribution in [0, 0.1) is 0 Å². The number of nitrogens with zero attached hydrogens (tertiary/aromatic N) is 5. The van der Waals surface area contributed by atoms with Crippen LogP contribution in [0.25, 0.3) is 5.69 Å². The number of anilines is 1. The maximum absolute atomic E-state index is 12.6. The Morgan fingerprint density at radius 3 is 2.50 bits per heavy atom. The van der Waals surface area contributed by atoms with Crippen molar-refractivity contribution < 1.29 is 22.7 Å². The van der Waals surface area contributed by atoms with Crippen LogP contribution in [0.2, 0.25) is 5.28 Å². The number of carbonyl (C=O) groups is 1. The molecule has 0 unspecified atom stereocenters. The Hall–Kier alpha value is -2.97. The van der Waals surface area contributed by atoms with Crippen LogP contribution in [0.15, 0.2) is 28.0 Å². The van der Waals surface area contributed by atoms with E-state index in [1.165, 1.54) is 38.1 Å². The van der Waals surface area contributed by atoms with E-state index in [1.54, 1.807) is 0 Å². The van der Waals surface area contributed by atoms with Gasteiger partial charge in [0.05, 0.1) is 26.0 Å². The van der Waals surface area contributed by atoms with Crippen LogP contribution in [-0.4, -0.2) is 53.4 Å². The highest BCUT2D eigenvalue weighted by Crippen LogP contribution is 2.27. The quantitative estimate of drug-likeness (QED) is 0.572. The van der Waals surface area contributed by atoms with Gasteiger partial charge in [-0.25, -0.2) is 27.6 Å². The SMILES string of the molecule is COc1cc(OC)nc(NC(=O)NS(=O)(=O)c2sccc2-n2ncnc2Cl)n1. The number of aromatic nitrogens is 5. The lowest BCUT2D eigenvalue weighted by molar-refractivity contribution is 0.256. The van der Waals surface area contributed by atoms with E-state index in [0.29, 0.717) is 0 Å². The number of hydrogen-bond acceptors (Lipinski definition) is 10. The van der Waals surface area contributed by atoms with Gasteiger partial charge in [-0.3, -0.25) is 5.32 Å². The molecule has 0 saturated carbocycles. The summed E-state index contributed by atoms with van der Waals surface area (Å²) in [5.41, 5.74) is 0.145. The average Bonchev–Trinajstić information content (AvgIpc) is 3.29. The van der Waals surface area contributed by atoms with Crippen molar-refractivity contribution in [1.82, 2.24) is 29.5 Å². The predicted octanol–water partition coefficient (Wildman–Crippen LogP) is 1.30. The minimum Gasteiger partial charge on any atom is -0.481 e. The first kappa shape index (κ1) is 19.8. The van der Waals surface area contributed by atoms with Gasteiger partial charge in [0, 0.05) is 0 Å². The van der Waals surface area contributed by atoms with Crippen molar-refractivity contribution in [2.24, 2.45) is 0 Å². The Balaban J connectivity index is 1.82. The molecule has 0 atom stereocenters. The highest BCUT2D eigenvalue weighted by molar-refractivity contribution is 7.92. The number of methoxy groups -OCH3 is 2. The number of urea groups is 1. The molecule has 15 heteroatoms. The molecule has 2 amide bonds. The monoisotopic (exact) mass is 445 g/mol. The molecule has 0 aromatic carbocycles. The van der Waals surface area contributed by atoms with E-state index < -0.39 is 16.1 Å². The van der Waals surface area contributed by atoms with E-state index in [1.807, 2.05) is 4.72 Å². The number of halogens is 1. The Morgan fingerprint density at radius 2 is 1.93 bits per heavy atom. The van der Waals surface area contributed by atoms with Crippen molar-refractivity contribution in [2.75, 3.05) is 19.5 Å². The third-order valence-electron chi connectivity index (χ3n) is 3.14. The fraction of sp³-hybridized carbons (Fsp3) is 0.154. The van der Waals surface area contributed by atoms with Gasteiger partial charge in [0.15, 0.2) is 4.21 Å². The molecule has 0 aliphatic rings. The Kier molecular flexibility index (Phi) is 5.62. The third kappa shape index (κ3) is 4.13. The van der Waals surface area contributed by atoms with E-state index >= 15 is 0 Å². The molecule has 0 saturated heterocycles. The van der Waals surface area contributed by atoms with Crippen LogP contribution < -0.4 is 19.5 Å². The van der Waals surface area contributed by atoms with Gasteiger partial charge in [-0.15, -0.1) is 11.3 Å². The molecule has 3 aromatic heterocycles. The zero-order valence-electron chi connectivity index (χ0n) is 14.3. The Morgan fingerprint density at radius 1 is 1.25 bits per heavy atom. The molecule has 2 N–H and O–H groups in total. The second-order valence-electron chi connectivity index (χ2n) is 4.87. The third-order valence-corrected chi connectivity index (χ3v) is 6.19. The van der Waals surface area contributed by atoms with Gasteiger partial charge in [0.2, 0.25) is 23.0 Å². The number of rotatable bonds is 6. The molecule has 0 spiro atoms. The summed E-state index contributed by atoms with van der Waals surface area (Å²) in [6.07, 6.45) is 1.17. The lowest BCUT2D eigenvalue weighted by atomic mass is 10.5. The summed E-state index contributed by atoms with van der Waals surface area (Å²) < 4.78 is 38.0. The fourth-order valence-electron chi connectivity index (χ4n) is 2.00. The van der Waals surface area contributed by atoms with Crippen LogP contribution >= 0.6 is 22.9 Å². The first-order chi connectivity index (χ1) is 13.3. The molecule has 0 aliphatic heterocycles. The number of ether oxygens (including phenoxy) is 2. The van der Waals surface area contributed by atoms with Gasteiger partial charge < -0.3 is 9.47 Å². The van der Waals surface area contributed by atoms with Gasteiger partial charge in [0.1, 0.15) is 6.33 Å². The zero-order chi connectivity index (χ0) is 20.3. The average molecular weight is 446 g/mol. The molecular formula is C13H12ClN7O5S2. The van der Waals surface area contributed by atoms with Crippen LogP contribution in [0.3, 0.4) is 0 Å². The molecule has 3 heterocycles. The summed E-state index contributed by atoms with van der Waals surface area (Å²) in [4.78, 5) is 23.7. The minimum atomic E-state index is -4.25. The highest BCUT2D eigenvalue weighted by Gasteiger charge is 2.25. The van der Waals surface area contributed by atoms with Crippen LogP contribution in [0.5, 0.6) is 11.8 Å². The minimum absolute atomic E-state index is 0.0313. The Labute approximate surface area is 167 Å². The topological polar surface area (TPSA) is 150 Å². The highest BCUT2D eigenvalue weighted by atomic mass is 35.5. The lowest BCUT2D eigenvalue weighted by Crippen LogP contribution is -2.35. The first-order valence-electron chi connectivity index (χ1n) is 7.28. The van der Waals surface area contributed by atoms with Crippen molar-refractivity contribution in [3.05, 3.63) is 29.1 Å². The number of sulfonamides is 1. The summed E-state index contributed by atoms with van der Waals surface area (Å²) in [7, 11) is -1.52. The molecule has 12 nitrogen and oxygen atoms in total. The fourth-order valence-corrected chi connectivity index (χ4v) is 4.39. The maximum atomic E-state index is 12.6. The molecule has 3 aromatic rings. The van der Waals surface area contributed by atoms with E-state index in [9.17, 15) is 13.2 Å². The number of thiophene rings is 1. The summed E-state index contributed by atoms with van der Waals surface area (Å²) in [5, 5.41) is 7.54. The first-order valence-corrected chi connectivity index (χ1v) is 10.0. The largest absolute Gasteiger partial charge is 0.481 e. The van der Waals surface area contributed by atoms with Crippen molar-refractivity contribution in [3.8, 4) is 17.4 Å². The lowest BCUT2D eigenvalue weighted by Gasteiger charge is -2.10. The second-order valence-corrected chi connectivity index (χ2v) is 8.00. The Bertz CT molecular complexity index is 1090. The van der Waals surface area contributed by atoms with Gasteiger partial charge in [-0.05, 0) is 23.0 Å². The van der Waals surface area contributed by atoms with Crippen molar-refractivity contribution >= 4 is 44.9 Å². The molecule has 28 heavy (non-hydrogen) atoms. The summed E-state index contributed by atoms with van der Waals surface area (Å²) in [6, 6.07) is 1.78. The van der Waals surface area contributed by atoms with Gasteiger partial charge >= 0.3 is 6.03 Å². The van der Waals surface area contributed by atoms with Crippen LogP contribution in [-0.2, 0) is 10.0 Å². The molecule has 0 bridgehead atoms. The smallest absolute Gasteiger partial charge is 0.335 e. The normalized spacial score (nSPS) is 11.1. The number of amides is 2. The van der Waals surface area contributed by atoms with E-state index in [4.69, 9.17) is 21.1 Å².